The Morgan fingerprint density at radius 2 is 2.16 bits per heavy atom. The standard InChI is InChI=1S/C15H20N4/c1-11-3-4-13(8-16-11)9-19-6-5-14(10-19)15-17-7-12(2)18-15/h3-4,7-8,14H,5-6,9-10H2,1-2H3,(H,17,18)/t14-/m1/s1. The second kappa shape index (κ2) is 5.13. The first-order valence-electron chi connectivity index (χ1n) is 6.86. The number of aryl methyl sites for hydroxylation is 2. The Labute approximate surface area is 113 Å². The second-order valence-corrected chi connectivity index (χ2v) is 5.48. The molecule has 3 rings (SSSR count). The first-order valence-corrected chi connectivity index (χ1v) is 6.86. The van der Waals surface area contributed by atoms with E-state index in [1.807, 2.05) is 19.3 Å². The summed E-state index contributed by atoms with van der Waals surface area (Å²) in [4.78, 5) is 14.7. The van der Waals surface area contributed by atoms with Crippen molar-refractivity contribution in [3.05, 3.63) is 47.3 Å². The molecule has 100 valence electrons. The first-order chi connectivity index (χ1) is 9.20. The minimum atomic E-state index is 0.548. The Hall–Kier alpha value is -1.68. The molecular weight excluding hydrogens is 236 g/mol. The van der Waals surface area contributed by atoms with Gasteiger partial charge in [0.05, 0.1) is 0 Å². The summed E-state index contributed by atoms with van der Waals surface area (Å²) >= 11 is 0. The van der Waals surface area contributed by atoms with Gasteiger partial charge in [-0.05, 0) is 38.4 Å². The van der Waals surface area contributed by atoms with Crippen LogP contribution >= 0.6 is 0 Å². The molecule has 19 heavy (non-hydrogen) atoms. The van der Waals surface area contributed by atoms with Crippen molar-refractivity contribution < 1.29 is 0 Å². The Morgan fingerprint density at radius 3 is 2.84 bits per heavy atom. The van der Waals surface area contributed by atoms with Crippen molar-refractivity contribution in [2.24, 2.45) is 0 Å². The molecular formula is C15H20N4. The normalized spacial score (nSPS) is 20.0. The third-order valence-corrected chi connectivity index (χ3v) is 3.76. The number of rotatable bonds is 3. The van der Waals surface area contributed by atoms with E-state index < -0.39 is 0 Å². The highest BCUT2D eigenvalue weighted by atomic mass is 15.2. The van der Waals surface area contributed by atoms with Gasteiger partial charge in [-0.3, -0.25) is 9.88 Å². The molecule has 0 aromatic carbocycles. The smallest absolute Gasteiger partial charge is 0.110 e. The zero-order valence-electron chi connectivity index (χ0n) is 11.6. The molecule has 4 heteroatoms. The maximum atomic E-state index is 4.46. The topological polar surface area (TPSA) is 44.8 Å². The van der Waals surface area contributed by atoms with Crippen LogP contribution in [0, 0.1) is 13.8 Å². The molecule has 1 N–H and O–H groups in total. The van der Waals surface area contributed by atoms with Gasteiger partial charge in [0.15, 0.2) is 0 Å². The highest BCUT2D eigenvalue weighted by molar-refractivity contribution is 5.14. The van der Waals surface area contributed by atoms with E-state index in [0.717, 1.165) is 36.8 Å². The summed E-state index contributed by atoms with van der Waals surface area (Å²) in [5, 5.41) is 0. The third-order valence-electron chi connectivity index (χ3n) is 3.76. The average Bonchev–Trinajstić information content (AvgIpc) is 3.01. The number of nitrogens with one attached hydrogen (secondary N) is 1. The number of pyridine rings is 1. The van der Waals surface area contributed by atoms with Gasteiger partial charge < -0.3 is 4.98 Å². The lowest BCUT2D eigenvalue weighted by atomic mass is 10.1. The van der Waals surface area contributed by atoms with Crippen LogP contribution in [0.3, 0.4) is 0 Å². The molecule has 2 aromatic rings. The molecule has 0 unspecified atom stereocenters. The van der Waals surface area contributed by atoms with Crippen LogP contribution in [0.25, 0.3) is 0 Å². The lowest BCUT2D eigenvalue weighted by Crippen LogP contribution is -2.20. The fourth-order valence-corrected chi connectivity index (χ4v) is 2.69. The highest BCUT2D eigenvalue weighted by Crippen LogP contribution is 2.26. The Balaban J connectivity index is 1.61. The SMILES string of the molecule is Cc1ccc(CN2CC[C@@H](c3ncc(C)[nH]3)C2)cn1. The molecule has 0 aliphatic carbocycles. The molecule has 1 fully saturated rings. The van der Waals surface area contributed by atoms with Crippen molar-refractivity contribution in [2.45, 2.75) is 32.7 Å². The molecule has 0 saturated carbocycles. The van der Waals surface area contributed by atoms with Gasteiger partial charge in [-0.2, -0.15) is 0 Å². The van der Waals surface area contributed by atoms with Crippen LogP contribution in [-0.2, 0) is 6.54 Å². The van der Waals surface area contributed by atoms with Crippen LogP contribution in [0.2, 0.25) is 0 Å². The van der Waals surface area contributed by atoms with Crippen LogP contribution in [0.15, 0.2) is 24.5 Å². The predicted molar refractivity (Wildman–Crippen MR) is 74.9 cm³/mol. The molecule has 3 heterocycles. The summed E-state index contributed by atoms with van der Waals surface area (Å²) in [7, 11) is 0. The van der Waals surface area contributed by atoms with Crippen LogP contribution < -0.4 is 0 Å². The van der Waals surface area contributed by atoms with Gasteiger partial charge in [0.2, 0.25) is 0 Å². The fraction of sp³-hybridized carbons (Fsp3) is 0.467. The van der Waals surface area contributed by atoms with E-state index in [1.54, 1.807) is 0 Å². The lowest BCUT2D eigenvalue weighted by molar-refractivity contribution is 0.325. The molecule has 0 bridgehead atoms. The van der Waals surface area contributed by atoms with Gasteiger partial charge in [-0.1, -0.05) is 6.07 Å². The van der Waals surface area contributed by atoms with Gasteiger partial charge in [0, 0.05) is 42.8 Å². The van der Waals surface area contributed by atoms with Gasteiger partial charge in [-0.25, -0.2) is 4.98 Å². The molecule has 1 aliphatic rings. The fourth-order valence-electron chi connectivity index (χ4n) is 2.69. The second-order valence-electron chi connectivity index (χ2n) is 5.48. The minimum Gasteiger partial charge on any atom is -0.346 e. The van der Waals surface area contributed by atoms with E-state index in [-0.39, 0.29) is 0 Å². The molecule has 1 aliphatic heterocycles. The van der Waals surface area contributed by atoms with E-state index in [4.69, 9.17) is 0 Å². The average molecular weight is 256 g/mol. The largest absolute Gasteiger partial charge is 0.346 e. The van der Waals surface area contributed by atoms with Gasteiger partial charge in [0.25, 0.3) is 0 Å². The quantitative estimate of drug-likeness (QED) is 0.917. The molecule has 1 atom stereocenters. The number of nitrogens with zero attached hydrogens (tertiary/aromatic N) is 3. The van der Waals surface area contributed by atoms with Crippen LogP contribution in [0.4, 0.5) is 0 Å². The number of hydrogen-bond donors (Lipinski definition) is 1. The Bertz CT molecular complexity index is 544. The predicted octanol–water partition coefficient (Wildman–Crippen LogP) is 2.41. The Morgan fingerprint density at radius 1 is 1.26 bits per heavy atom. The highest BCUT2D eigenvalue weighted by Gasteiger charge is 2.25. The number of aromatic amines is 1. The summed E-state index contributed by atoms with van der Waals surface area (Å²) in [6.45, 7) is 7.29. The summed E-state index contributed by atoms with van der Waals surface area (Å²) in [5.74, 6) is 1.69. The van der Waals surface area contributed by atoms with Gasteiger partial charge >= 0.3 is 0 Å². The van der Waals surface area contributed by atoms with E-state index in [9.17, 15) is 0 Å². The van der Waals surface area contributed by atoms with E-state index in [0.29, 0.717) is 5.92 Å². The van der Waals surface area contributed by atoms with Crippen molar-refractivity contribution in [2.75, 3.05) is 13.1 Å². The van der Waals surface area contributed by atoms with E-state index in [1.165, 1.54) is 12.0 Å². The van der Waals surface area contributed by atoms with Gasteiger partial charge in [0.1, 0.15) is 5.82 Å². The molecule has 0 spiro atoms. The lowest BCUT2D eigenvalue weighted by Gasteiger charge is -2.15. The summed E-state index contributed by atoms with van der Waals surface area (Å²) in [6, 6.07) is 4.26. The summed E-state index contributed by atoms with van der Waals surface area (Å²) in [6.07, 6.45) is 5.09. The zero-order valence-corrected chi connectivity index (χ0v) is 11.6. The van der Waals surface area contributed by atoms with Gasteiger partial charge in [-0.15, -0.1) is 0 Å². The zero-order chi connectivity index (χ0) is 13.2. The number of likely N-dealkylation sites (tertiary alicyclic amines) is 1. The maximum Gasteiger partial charge on any atom is 0.110 e. The molecule has 2 aromatic heterocycles. The van der Waals surface area contributed by atoms with Crippen molar-refractivity contribution >= 4 is 0 Å². The van der Waals surface area contributed by atoms with Crippen LogP contribution in [-0.4, -0.2) is 32.9 Å². The number of aromatic nitrogens is 3. The maximum absolute atomic E-state index is 4.46. The van der Waals surface area contributed by atoms with E-state index in [2.05, 4.69) is 38.9 Å². The molecule has 0 amide bonds. The van der Waals surface area contributed by atoms with E-state index >= 15 is 0 Å². The van der Waals surface area contributed by atoms with Crippen molar-refractivity contribution in [1.29, 1.82) is 0 Å². The number of imidazole rings is 1. The molecule has 4 nitrogen and oxygen atoms in total. The Kier molecular flexibility index (Phi) is 3.34. The first kappa shape index (κ1) is 12.4. The number of H-pyrrole nitrogens is 1. The molecule has 1 saturated heterocycles. The minimum absolute atomic E-state index is 0.548. The van der Waals surface area contributed by atoms with Crippen molar-refractivity contribution in [1.82, 2.24) is 19.9 Å². The van der Waals surface area contributed by atoms with Crippen LogP contribution in [0.1, 0.15) is 35.1 Å². The third kappa shape index (κ3) is 2.84. The summed E-state index contributed by atoms with van der Waals surface area (Å²) < 4.78 is 0. The van der Waals surface area contributed by atoms with Crippen molar-refractivity contribution in [3.8, 4) is 0 Å². The van der Waals surface area contributed by atoms with Crippen molar-refractivity contribution in [3.63, 3.8) is 0 Å². The summed E-state index contributed by atoms with van der Waals surface area (Å²) in [5.41, 5.74) is 3.52. The van der Waals surface area contributed by atoms with Crippen LogP contribution in [0.5, 0.6) is 0 Å². The monoisotopic (exact) mass is 256 g/mol. The molecule has 0 radical (unpaired) electrons. The number of hydrogen-bond acceptors (Lipinski definition) is 3.